The second-order valence-electron chi connectivity index (χ2n) is 6.16. The van der Waals surface area contributed by atoms with Crippen LogP contribution in [0, 0.1) is 11.7 Å². The van der Waals surface area contributed by atoms with Gasteiger partial charge in [-0.3, -0.25) is 9.59 Å². The Hall–Kier alpha value is -1.95. The number of benzene rings is 1. The van der Waals surface area contributed by atoms with E-state index in [9.17, 15) is 19.1 Å². The van der Waals surface area contributed by atoms with E-state index in [0.717, 1.165) is 12.8 Å². The standard InChI is InChI=1S/C17H20FNO4/c18-12-4-1-3-11(9-12)16-14(17(21)22)6-7-15(20)19(16)10-13-5-2-8-23-13/h1,3-4,9,13-14,16H,2,5-8,10H2,(H,21,22)/t13-,14-,16-/m1/s1. The summed E-state index contributed by atoms with van der Waals surface area (Å²) in [5, 5.41) is 9.54. The number of hydrogen-bond acceptors (Lipinski definition) is 3. The minimum Gasteiger partial charge on any atom is -0.481 e. The fraction of sp³-hybridized carbons (Fsp3) is 0.529. The molecule has 0 spiro atoms. The van der Waals surface area contributed by atoms with Crippen molar-refractivity contribution < 1.29 is 23.8 Å². The quantitative estimate of drug-likeness (QED) is 0.924. The van der Waals surface area contributed by atoms with Gasteiger partial charge in [0.1, 0.15) is 5.82 Å². The highest BCUT2D eigenvalue weighted by Crippen LogP contribution is 2.37. The van der Waals surface area contributed by atoms with Crippen molar-refractivity contribution >= 4 is 11.9 Å². The van der Waals surface area contributed by atoms with Gasteiger partial charge in [-0.25, -0.2) is 4.39 Å². The molecule has 2 fully saturated rings. The summed E-state index contributed by atoms with van der Waals surface area (Å²) in [5.74, 6) is -2.20. The van der Waals surface area contributed by atoms with Crippen LogP contribution in [0.15, 0.2) is 24.3 Å². The molecule has 0 radical (unpaired) electrons. The summed E-state index contributed by atoms with van der Waals surface area (Å²) in [6.45, 7) is 1.03. The average Bonchev–Trinajstić information content (AvgIpc) is 3.02. The van der Waals surface area contributed by atoms with Gasteiger partial charge in [0.2, 0.25) is 5.91 Å². The summed E-state index contributed by atoms with van der Waals surface area (Å²) in [7, 11) is 0. The number of amides is 1. The maximum atomic E-state index is 13.6. The molecule has 5 nitrogen and oxygen atoms in total. The lowest BCUT2D eigenvalue weighted by molar-refractivity contribution is -0.153. The van der Waals surface area contributed by atoms with Gasteiger partial charge in [0.15, 0.2) is 0 Å². The topological polar surface area (TPSA) is 66.8 Å². The third kappa shape index (κ3) is 3.37. The molecule has 1 N–H and O–H groups in total. The van der Waals surface area contributed by atoms with Gasteiger partial charge in [-0.15, -0.1) is 0 Å². The van der Waals surface area contributed by atoms with Gasteiger partial charge in [0, 0.05) is 19.6 Å². The van der Waals surface area contributed by atoms with E-state index in [2.05, 4.69) is 0 Å². The smallest absolute Gasteiger partial charge is 0.308 e. The largest absolute Gasteiger partial charge is 0.481 e. The zero-order valence-corrected chi connectivity index (χ0v) is 12.8. The summed E-state index contributed by atoms with van der Waals surface area (Å²) in [5.41, 5.74) is 0.531. The maximum absolute atomic E-state index is 13.6. The van der Waals surface area contributed by atoms with E-state index in [0.29, 0.717) is 18.7 Å². The number of piperidine rings is 1. The Kier molecular flexibility index (Phi) is 4.61. The lowest BCUT2D eigenvalue weighted by atomic mass is 9.84. The maximum Gasteiger partial charge on any atom is 0.308 e. The Morgan fingerprint density at radius 1 is 1.39 bits per heavy atom. The second kappa shape index (κ2) is 6.66. The molecule has 6 heteroatoms. The fourth-order valence-corrected chi connectivity index (χ4v) is 3.54. The Bertz CT molecular complexity index is 600. The molecular formula is C17H20FNO4. The molecule has 2 heterocycles. The van der Waals surface area contributed by atoms with Gasteiger partial charge in [-0.1, -0.05) is 12.1 Å². The van der Waals surface area contributed by atoms with Crippen molar-refractivity contribution in [2.75, 3.05) is 13.2 Å². The van der Waals surface area contributed by atoms with E-state index in [4.69, 9.17) is 4.74 Å². The average molecular weight is 321 g/mol. The Balaban J connectivity index is 1.93. The number of rotatable bonds is 4. The predicted molar refractivity (Wildman–Crippen MR) is 80.2 cm³/mol. The second-order valence-corrected chi connectivity index (χ2v) is 6.16. The molecule has 0 aromatic heterocycles. The fourth-order valence-electron chi connectivity index (χ4n) is 3.54. The molecule has 1 amide bonds. The lowest BCUT2D eigenvalue weighted by Gasteiger charge is -2.40. The van der Waals surface area contributed by atoms with Crippen molar-refractivity contribution in [1.29, 1.82) is 0 Å². The molecule has 1 aromatic carbocycles. The zero-order valence-electron chi connectivity index (χ0n) is 12.8. The van der Waals surface area contributed by atoms with Crippen LogP contribution in [0.2, 0.25) is 0 Å². The number of carboxylic acids is 1. The van der Waals surface area contributed by atoms with Crippen molar-refractivity contribution in [3.63, 3.8) is 0 Å². The molecule has 0 aliphatic carbocycles. The molecule has 1 aromatic rings. The Morgan fingerprint density at radius 2 is 2.22 bits per heavy atom. The molecule has 2 aliphatic rings. The Morgan fingerprint density at radius 3 is 2.87 bits per heavy atom. The first-order chi connectivity index (χ1) is 11.1. The molecule has 0 unspecified atom stereocenters. The van der Waals surface area contributed by atoms with E-state index >= 15 is 0 Å². The number of carboxylic acid groups (broad SMARTS) is 1. The molecule has 0 bridgehead atoms. The van der Waals surface area contributed by atoms with Gasteiger partial charge >= 0.3 is 5.97 Å². The molecule has 2 saturated heterocycles. The van der Waals surface area contributed by atoms with Gasteiger partial charge in [0.05, 0.1) is 18.1 Å². The van der Waals surface area contributed by atoms with E-state index in [-0.39, 0.29) is 24.9 Å². The third-order valence-electron chi connectivity index (χ3n) is 4.64. The van der Waals surface area contributed by atoms with Crippen LogP contribution in [0.1, 0.15) is 37.3 Å². The van der Waals surface area contributed by atoms with Crippen LogP contribution in [-0.4, -0.2) is 41.1 Å². The van der Waals surface area contributed by atoms with Gasteiger partial charge < -0.3 is 14.7 Å². The molecular weight excluding hydrogens is 301 g/mol. The van der Waals surface area contributed by atoms with E-state index < -0.39 is 23.7 Å². The van der Waals surface area contributed by atoms with Gasteiger partial charge in [0.25, 0.3) is 0 Å². The summed E-state index contributed by atoms with van der Waals surface area (Å²) in [6, 6.07) is 5.22. The lowest BCUT2D eigenvalue weighted by Crippen LogP contribution is -2.48. The van der Waals surface area contributed by atoms with Gasteiger partial charge in [-0.05, 0) is 37.0 Å². The number of likely N-dealkylation sites (tertiary alicyclic amines) is 1. The number of hydrogen-bond donors (Lipinski definition) is 1. The van der Waals surface area contributed by atoms with Crippen molar-refractivity contribution in [2.24, 2.45) is 5.92 Å². The highest BCUT2D eigenvalue weighted by atomic mass is 19.1. The van der Waals surface area contributed by atoms with Crippen LogP contribution in [0.5, 0.6) is 0 Å². The third-order valence-corrected chi connectivity index (χ3v) is 4.64. The number of carbonyl (C=O) groups is 2. The van der Waals surface area contributed by atoms with Crippen LogP contribution in [0.3, 0.4) is 0 Å². The SMILES string of the molecule is O=C(O)[C@@H]1CCC(=O)N(C[C@H]2CCCO2)[C@@H]1c1cccc(F)c1. The first-order valence-electron chi connectivity index (χ1n) is 7.95. The summed E-state index contributed by atoms with van der Waals surface area (Å²) < 4.78 is 19.2. The van der Waals surface area contributed by atoms with Crippen molar-refractivity contribution in [3.8, 4) is 0 Å². The number of aliphatic carboxylic acids is 1. The van der Waals surface area contributed by atoms with Crippen LogP contribution >= 0.6 is 0 Å². The van der Waals surface area contributed by atoms with Crippen molar-refractivity contribution in [1.82, 2.24) is 4.90 Å². The molecule has 124 valence electrons. The molecule has 3 rings (SSSR count). The van der Waals surface area contributed by atoms with Crippen molar-refractivity contribution in [3.05, 3.63) is 35.6 Å². The summed E-state index contributed by atoms with van der Waals surface area (Å²) in [6.07, 6.45) is 2.21. The highest BCUT2D eigenvalue weighted by molar-refractivity contribution is 5.81. The van der Waals surface area contributed by atoms with Crippen LogP contribution in [0.25, 0.3) is 0 Å². The normalized spacial score (nSPS) is 28.1. The Labute approximate surface area is 134 Å². The number of carbonyl (C=O) groups excluding carboxylic acids is 1. The van der Waals surface area contributed by atoms with Gasteiger partial charge in [-0.2, -0.15) is 0 Å². The molecule has 23 heavy (non-hydrogen) atoms. The number of nitrogens with zero attached hydrogens (tertiary/aromatic N) is 1. The van der Waals surface area contributed by atoms with Crippen LogP contribution in [0.4, 0.5) is 4.39 Å². The molecule has 2 aliphatic heterocycles. The summed E-state index contributed by atoms with van der Waals surface area (Å²) >= 11 is 0. The minimum atomic E-state index is -0.955. The number of halogens is 1. The van der Waals surface area contributed by atoms with E-state index in [1.807, 2.05) is 0 Å². The molecule has 3 atom stereocenters. The van der Waals surface area contributed by atoms with E-state index in [1.165, 1.54) is 12.1 Å². The monoisotopic (exact) mass is 321 g/mol. The minimum absolute atomic E-state index is 0.0671. The summed E-state index contributed by atoms with van der Waals surface area (Å²) in [4.78, 5) is 25.6. The molecule has 0 saturated carbocycles. The van der Waals surface area contributed by atoms with Crippen molar-refractivity contribution in [2.45, 2.75) is 37.8 Å². The first-order valence-corrected chi connectivity index (χ1v) is 7.95. The van der Waals surface area contributed by atoms with E-state index in [1.54, 1.807) is 17.0 Å². The van der Waals surface area contributed by atoms with Crippen LogP contribution < -0.4 is 0 Å². The highest BCUT2D eigenvalue weighted by Gasteiger charge is 2.41. The first kappa shape index (κ1) is 15.9. The zero-order chi connectivity index (χ0) is 16.4. The number of ether oxygens (including phenoxy) is 1. The predicted octanol–water partition coefficient (Wildman–Crippen LogP) is 2.37. The van der Waals surface area contributed by atoms with Crippen LogP contribution in [-0.2, 0) is 14.3 Å².